The second-order valence-electron chi connectivity index (χ2n) is 9.72. The summed E-state index contributed by atoms with van der Waals surface area (Å²) in [6.45, 7) is 0.179. The van der Waals surface area contributed by atoms with E-state index in [1.807, 2.05) is 35.2 Å². The SMILES string of the molecule is CN1c2ccc([N+](=O)[O-])cc2C[C@]2(C(=O)NC(=O)N(CCC3=CCCCC3)C2=O)[C@H]1c1ccccc1. The topological polar surface area (TPSA) is 113 Å². The fraction of sp³-hybridized carbons (Fsp3) is 0.370. The number of amides is 4. The summed E-state index contributed by atoms with van der Waals surface area (Å²) in [6, 6.07) is 12.3. The van der Waals surface area contributed by atoms with Crippen molar-refractivity contribution in [1.82, 2.24) is 10.2 Å². The van der Waals surface area contributed by atoms with Crippen LogP contribution in [0.2, 0.25) is 0 Å². The van der Waals surface area contributed by atoms with Gasteiger partial charge in [-0.3, -0.25) is 29.9 Å². The summed E-state index contributed by atoms with van der Waals surface area (Å²) in [4.78, 5) is 54.7. The zero-order chi connectivity index (χ0) is 25.4. The summed E-state index contributed by atoms with van der Waals surface area (Å²) in [7, 11) is 1.78. The van der Waals surface area contributed by atoms with E-state index in [9.17, 15) is 24.5 Å². The number of nitrogens with one attached hydrogen (secondary N) is 1. The molecule has 9 nitrogen and oxygen atoms in total. The van der Waals surface area contributed by atoms with Crippen molar-refractivity contribution in [3.05, 3.63) is 81.4 Å². The molecule has 0 aromatic heterocycles. The quantitative estimate of drug-likeness (QED) is 0.291. The zero-order valence-electron chi connectivity index (χ0n) is 20.1. The fourth-order valence-electron chi connectivity index (χ4n) is 5.87. The molecule has 0 saturated carbocycles. The first-order valence-electron chi connectivity index (χ1n) is 12.2. The van der Waals surface area contributed by atoms with Crippen molar-refractivity contribution in [3.63, 3.8) is 0 Å². The second kappa shape index (κ2) is 9.22. The van der Waals surface area contributed by atoms with E-state index >= 15 is 0 Å². The highest BCUT2D eigenvalue weighted by molar-refractivity contribution is 6.20. The Morgan fingerprint density at radius 1 is 1.11 bits per heavy atom. The molecule has 2 aromatic rings. The molecule has 5 rings (SSSR count). The number of hydrogen-bond donors (Lipinski definition) is 1. The van der Waals surface area contributed by atoms with E-state index < -0.39 is 34.2 Å². The summed E-state index contributed by atoms with van der Waals surface area (Å²) in [5.74, 6) is -1.24. The average molecular weight is 489 g/mol. The van der Waals surface area contributed by atoms with Gasteiger partial charge in [-0.1, -0.05) is 42.0 Å². The van der Waals surface area contributed by atoms with Gasteiger partial charge in [-0.2, -0.15) is 0 Å². The van der Waals surface area contributed by atoms with Crippen LogP contribution in [0.25, 0.3) is 0 Å². The number of carbonyl (C=O) groups is 3. The lowest BCUT2D eigenvalue weighted by Gasteiger charge is -2.51. The molecule has 0 bridgehead atoms. The van der Waals surface area contributed by atoms with Gasteiger partial charge in [-0.25, -0.2) is 4.79 Å². The molecule has 2 heterocycles. The molecule has 2 aromatic carbocycles. The number of rotatable bonds is 5. The van der Waals surface area contributed by atoms with Crippen LogP contribution in [0.4, 0.5) is 16.2 Å². The maximum absolute atomic E-state index is 14.2. The summed E-state index contributed by atoms with van der Waals surface area (Å²) in [5, 5.41) is 13.9. The first kappa shape index (κ1) is 23.7. The molecule has 0 unspecified atom stereocenters. The van der Waals surface area contributed by atoms with Crippen LogP contribution < -0.4 is 10.2 Å². The van der Waals surface area contributed by atoms with Gasteiger partial charge in [0.15, 0.2) is 5.41 Å². The third kappa shape index (κ3) is 3.84. The van der Waals surface area contributed by atoms with Gasteiger partial charge in [0, 0.05) is 37.8 Å². The first-order valence-corrected chi connectivity index (χ1v) is 12.2. The standard InChI is InChI=1S/C27H28N4O5/c1-29-22-13-12-21(31(35)36)16-20(22)17-27(23(29)19-10-6-3-7-11-19)24(32)28-26(34)30(25(27)33)15-14-18-8-4-2-5-9-18/h3,6-8,10-13,16,23H,2,4-5,9,14-15,17H2,1H3,(H,28,32,34)/t23-,27-/m1/s1. The number of anilines is 1. The number of hydrogen-bond acceptors (Lipinski definition) is 6. The molecule has 2 atom stereocenters. The second-order valence-corrected chi connectivity index (χ2v) is 9.72. The number of nitro groups is 1. The zero-order valence-corrected chi connectivity index (χ0v) is 20.1. The monoisotopic (exact) mass is 488 g/mol. The lowest BCUT2D eigenvalue weighted by Crippen LogP contribution is -2.69. The molecular formula is C27H28N4O5. The van der Waals surface area contributed by atoms with Gasteiger partial charge in [0.2, 0.25) is 11.8 Å². The Bertz CT molecular complexity index is 1270. The van der Waals surface area contributed by atoms with Crippen LogP contribution in [0, 0.1) is 15.5 Å². The molecule has 2 aliphatic heterocycles. The van der Waals surface area contributed by atoms with Crippen LogP contribution >= 0.6 is 0 Å². The third-order valence-electron chi connectivity index (χ3n) is 7.63. The van der Waals surface area contributed by atoms with Crippen LogP contribution in [-0.4, -0.2) is 41.3 Å². The van der Waals surface area contributed by atoms with Crippen molar-refractivity contribution in [2.24, 2.45) is 5.41 Å². The maximum atomic E-state index is 14.2. The van der Waals surface area contributed by atoms with Crippen molar-refractivity contribution in [2.75, 3.05) is 18.5 Å². The molecular weight excluding hydrogens is 460 g/mol. The largest absolute Gasteiger partial charge is 0.366 e. The number of carbonyl (C=O) groups excluding carboxylic acids is 3. The molecule has 1 saturated heterocycles. The van der Waals surface area contributed by atoms with Gasteiger partial charge in [-0.05, 0) is 49.3 Å². The van der Waals surface area contributed by atoms with E-state index in [-0.39, 0.29) is 18.7 Å². The fourth-order valence-corrected chi connectivity index (χ4v) is 5.87. The molecule has 3 aliphatic rings. The summed E-state index contributed by atoms with van der Waals surface area (Å²) in [6.07, 6.45) is 6.86. The predicted molar refractivity (Wildman–Crippen MR) is 133 cm³/mol. The number of imide groups is 2. The highest BCUT2D eigenvalue weighted by Gasteiger charge is 2.62. The Hall–Kier alpha value is -4.01. The minimum Gasteiger partial charge on any atom is -0.366 e. The number of urea groups is 1. The van der Waals surface area contributed by atoms with Crippen molar-refractivity contribution >= 4 is 29.2 Å². The number of non-ortho nitro benzene ring substituents is 1. The van der Waals surface area contributed by atoms with Gasteiger partial charge in [0.25, 0.3) is 5.69 Å². The minimum absolute atomic E-state index is 0.0505. The summed E-state index contributed by atoms with van der Waals surface area (Å²) < 4.78 is 0. The van der Waals surface area contributed by atoms with Crippen LogP contribution in [0.3, 0.4) is 0 Å². The Kier molecular flexibility index (Phi) is 6.07. The molecule has 4 amide bonds. The Balaban J connectivity index is 1.60. The smallest absolute Gasteiger partial charge is 0.330 e. The molecule has 36 heavy (non-hydrogen) atoms. The molecule has 1 aliphatic carbocycles. The van der Waals surface area contributed by atoms with E-state index in [1.54, 1.807) is 13.1 Å². The lowest BCUT2D eigenvalue weighted by molar-refractivity contribution is -0.384. The lowest BCUT2D eigenvalue weighted by atomic mass is 9.66. The number of nitro benzene ring substituents is 1. The Morgan fingerprint density at radius 2 is 1.89 bits per heavy atom. The number of allylic oxidation sites excluding steroid dienone is 1. The number of nitrogens with zero attached hydrogens (tertiary/aromatic N) is 3. The predicted octanol–water partition coefficient (Wildman–Crippen LogP) is 4.28. The van der Waals surface area contributed by atoms with Crippen molar-refractivity contribution in [3.8, 4) is 0 Å². The molecule has 186 valence electrons. The number of barbiturate groups is 1. The normalized spacial score (nSPS) is 23.9. The van der Waals surface area contributed by atoms with Crippen molar-refractivity contribution < 1.29 is 19.3 Å². The Morgan fingerprint density at radius 3 is 2.58 bits per heavy atom. The molecule has 9 heteroatoms. The molecule has 0 radical (unpaired) electrons. The minimum atomic E-state index is -1.66. The van der Waals surface area contributed by atoms with Gasteiger partial charge < -0.3 is 4.90 Å². The van der Waals surface area contributed by atoms with Gasteiger partial charge in [0.05, 0.1) is 11.0 Å². The average Bonchev–Trinajstić information content (AvgIpc) is 2.88. The van der Waals surface area contributed by atoms with E-state index in [0.717, 1.165) is 36.1 Å². The molecule has 1 spiro atoms. The van der Waals surface area contributed by atoms with Crippen molar-refractivity contribution in [2.45, 2.75) is 44.6 Å². The summed E-state index contributed by atoms with van der Waals surface area (Å²) in [5.41, 5.74) is 1.41. The molecule has 1 N–H and O–H groups in total. The van der Waals surface area contributed by atoms with Crippen LogP contribution in [0.15, 0.2) is 60.2 Å². The van der Waals surface area contributed by atoms with Crippen molar-refractivity contribution in [1.29, 1.82) is 0 Å². The van der Waals surface area contributed by atoms with E-state index in [2.05, 4.69) is 11.4 Å². The van der Waals surface area contributed by atoms with Crippen LogP contribution in [0.1, 0.15) is 49.3 Å². The van der Waals surface area contributed by atoms with Crippen LogP contribution in [-0.2, 0) is 16.0 Å². The first-order chi connectivity index (χ1) is 17.3. The van der Waals surface area contributed by atoms with Crippen LogP contribution in [0.5, 0.6) is 0 Å². The van der Waals surface area contributed by atoms with Gasteiger partial charge in [0.1, 0.15) is 0 Å². The van der Waals surface area contributed by atoms with E-state index in [0.29, 0.717) is 17.7 Å². The summed E-state index contributed by atoms with van der Waals surface area (Å²) >= 11 is 0. The van der Waals surface area contributed by atoms with E-state index in [4.69, 9.17) is 0 Å². The third-order valence-corrected chi connectivity index (χ3v) is 7.63. The highest BCUT2D eigenvalue weighted by Crippen LogP contribution is 2.51. The van der Waals surface area contributed by atoms with Gasteiger partial charge >= 0.3 is 6.03 Å². The maximum Gasteiger partial charge on any atom is 0.330 e. The molecule has 1 fully saturated rings. The highest BCUT2D eigenvalue weighted by atomic mass is 16.6. The van der Waals surface area contributed by atoms with Gasteiger partial charge in [-0.15, -0.1) is 0 Å². The number of fused-ring (bicyclic) bond motifs is 1. The van der Waals surface area contributed by atoms with E-state index in [1.165, 1.54) is 17.7 Å². The number of benzene rings is 2. The Labute approximate surface area is 208 Å².